The third kappa shape index (κ3) is 5.19. The summed E-state index contributed by atoms with van der Waals surface area (Å²) in [6, 6.07) is 0. The van der Waals surface area contributed by atoms with Gasteiger partial charge in [0.15, 0.2) is 0 Å². The molecule has 4 aliphatic rings. The van der Waals surface area contributed by atoms with Crippen molar-refractivity contribution < 1.29 is 28.5 Å². The van der Waals surface area contributed by atoms with Gasteiger partial charge < -0.3 is 18.9 Å². The van der Waals surface area contributed by atoms with Gasteiger partial charge in [0.05, 0.1) is 37.6 Å². The average molecular weight is 366 g/mol. The molecule has 2 aliphatic heterocycles. The Labute approximate surface area is 154 Å². The van der Waals surface area contributed by atoms with Crippen molar-refractivity contribution >= 4 is 11.9 Å². The van der Waals surface area contributed by atoms with Gasteiger partial charge in [-0.1, -0.05) is 0 Å². The van der Waals surface area contributed by atoms with E-state index in [1.54, 1.807) is 0 Å². The SMILES string of the molecule is O=C(CCCCC(=O)OC[C@@H]1CC[C@H]2O[C@@H]2C1)OC[C@H]1CC[C@H]2O[C@H]2C1. The lowest BCUT2D eigenvalue weighted by Gasteiger charge is -2.18. The predicted molar refractivity (Wildman–Crippen MR) is 92.4 cm³/mol. The minimum absolute atomic E-state index is 0.154. The quantitative estimate of drug-likeness (QED) is 0.355. The van der Waals surface area contributed by atoms with Crippen molar-refractivity contribution in [2.75, 3.05) is 13.2 Å². The zero-order valence-electron chi connectivity index (χ0n) is 15.4. The van der Waals surface area contributed by atoms with Gasteiger partial charge in [-0.05, 0) is 63.2 Å². The van der Waals surface area contributed by atoms with E-state index in [0.29, 0.717) is 75.1 Å². The molecule has 0 bridgehead atoms. The van der Waals surface area contributed by atoms with Gasteiger partial charge in [0.1, 0.15) is 0 Å². The third-order valence-electron chi connectivity index (χ3n) is 6.20. The number of esters is 2. The van der Waals surface area contributed by atoms with Crippen LogP contribution in [0.1, 0.15) is 64.2 Å². The molecule has 2 heterocycles. The molecular weight excluding hydrogens is 336 g/mol. The molecule has 0 N–H and O–H groups in total. The van der Waals surface area contributed by atoms with Gasteiger partial charge in [-0.2, -0.15) is 0 Å². The maximum absolute atomic E-state index is 11.8. The molecule has 4 fully saturated rings. The fraction of sp³-hybridized carbons (Fsp3) is 0.900. The molecule has 6 atom stereocenters. The second-order valence-electron chi connectivity index (χ2n) is 8.36. The van der Waals surface area contributed by atoms with E-state index in [2.05, 4.69) is 0 Å². The van der Waals surface area contributed by atoms with Crippen molar-refractivity contribution in [3.05, 3.63) is 0 Å². The number of unbranched alkanes of at least 4 members (excludes halogenated alkanes) is 1. The Balaban J connectivity index is 0.992. The van der Waals surface area contributed by atoms with Gasteiger partial charge in [-0.3, -0.25) is 9.59 Å². The Morgan fingerprint density at radius 2 is 1.15 bits per heavy atom. The molecule has 2 saturated heterocycles. The van der Waals surface area contributed by atoms with Crippen molar-refractivity contribution in [1.82, 2.24) is 0 Å². The van der Waals surface area contributed by atoms with Crippen LogP contribution in [0.4, 0.5) is 0 Å². The van der Waals surface area contributed by atoms with Gasteiger partial charge in [-0.25, -0.2) is 0 Å². The van der Waals surface area contributed by atoms with Crippen LogP contribution in [0.2, 0.25) is 0 Å². The molecule has 2 saturated carbocycles. The third-order valence-corrected chi connectivity index (χ3v) is 6.20. The van der Waals surface area contributed by atoms with Crippen LogP contribution in [0, 0.1) is 11.8 Å². The lowest BCUT2D eigenvalue weighted by Crippen LogP contribution is -2.20. The van der Waals surface area contributed by atoms with E-state index < -0.39 is 0 Å². The van der Waals surface area contributed by atoms with Crippen molar-refractivity contribution in [3.8, 4) is 0 Å². The molecule has 0 aromatic rings. The van der Waals surface area contributed by atoms with Crippen LogP contribution in [-0.2, 0) is 28.5 Å². The second kappa shape index (κ2) is 8.26. The summed E-state index contributed by atoms with van der Waals surface area (Å²) >= 11 is 0. The van der Waals surface area contributed by atoms with Gasteiger partial charge in [0.2, 0.25) is 0 Å². The van der Waals surface area contributed by atoms with E-state index in [1.807, 2.05) is 0 Å². The van der Waals surface area contributed by atoms with Gasteiger partial charge >= 0.3 is 11.9 Å². The van der Waals surface area contributed by atoms with Crippen LogP contribution in [0.5, 0.6) is 0 Å². The van der Waals surface area contributed by atoms with E-state index in [9.17, 15) is 9.59 Å². The minimum atomic E-state index is -0.154. The first kappa shape index (κ1) is 18.2. The predicted octanol–water partition coefficient (Wildman–Crippen LogP) is 2.77. The first-order chi connectivity index (χ1) is 12.7. The second-order valence-corrected chi connectivity index (χ2v) is 8.36. The number of epoxide rings is 2. The summed E-state index contributed by atoms with van der Waals surface area (Å²) in [7, 11) is 0. The summed E-state index contributed by atoms with van der Waals surface area (Å²) in [5.41, 5.74) is 0. The molecule has 6 heteroatoms. The lowest BCUT2D eigenvalue weighted by atomic mass is 9.90. The molecule has 0 radical (unpaired) electrons. The Bertz CT molecular complexity index is 474. The average Bonchev–Trinajstić information content (AvgIpc) is 3.55. The van der Waals surface area contributed by atoms with Crippen molar-refractivity contribution in [2.24, 2.45) is 11.8 Å². The van der Waals surface area contributed by atoms with Crippen LogP contribution in [0.15, 0.2) is 0 Å². The van der Waals surface area contributed by atoms with Gasteiger partial charge in [0, 0.05) is 12.8 Å². The lowest BCUT2D eigenvalue weighted by molar-refractivity contribution is -0.147. The minimum Gasteiger partial charge on any atom is -0.465 e. The molecule has 0 amide bonds. The highest BCUT2D eigenvalue weighted by Gasteiger charge is 2.44. The van der Waals surface area contributed by atoms with Crippen molar-refractivity contribution in [2.45, 2.75) is 88.6 Å². The highest BCUT2D eigenvalue weighted by molar-refractivity contribution is 5.70. The maximum Gasteiger partial charge on any atom is 0.305 e. The van der Waals surface area contributed by atoms with Crippen molar-refractivity contribution in [1.29, 1.82) is 0 Å². The Kier molecular flexibility index (Phi) is 5.79. The number of fused-ring (bicyclic) bond motifs is 2. The highest BCUT2D eigenvalue weighted by atomic mass is 16.6. The van der Waals surface area contributed by atoms with E-state index >= 15 is 0 Å². The molecule has 146 valence electrons. The van der Waals surface area contributed by atoms with Crippen LogP contribution < -0.4 is 0 Å². The summed E-state index contributed by atoms with van der Waals surface area (Å²) in [6.45, 7) is 1.03. The van der Waals surface area contributed by atoms with Crippen LogP contribution in [0.3, 0.4) is 0 Å². The van der Waals surface area contributed by atoms with E-state index in [-0.39, 0.29) is 11.9 Å². The number of hydrogen-bond donors (Lipinski definition) is 0. The Morgan fingerprint density at radius 3 is 1.58 bits per heavy atom. The summed E-state index contributed by atoms with van der Waals surface area (Å²) in [4.78, 5) is 23.6. The largest absolute Gasteiger partial charge is 0.465 e. The monoisotopic (exact) mass is 366 g/mol. The van der Waals surface area contributed by atoms with E-state index in [1.165, 1.54) is 0 Å². The smallest absolute Gasteiger partial charge is 0.305 e. The van der Waals surface area contributed by atoms with Gasteiger partial charge in [-0.15, -0.1) is 0 Å². The first-order valence-corrected chi connectivity index (χ1v) is 10.3. The molecule has 2 aliphatic carbocycles. The standard InChI is InChI=1S/C20H30O6/c21-19(23-11-13-5-7-15-17(9-13)25-15)3-1-2-4-20(22)24-12-14-6-8-16-18(10-14)26-16/h13-18H,1-12H2/t13-,14+,15-,16-,17-,18+/m1/s1. The summed E-state index contributed by atoms with van der Waals surface area (Å²) in [5, 5.41) is 0. The normalized spacial score (nSPS) is 37.2. The molecule has 0 aromatic heterocycles. The molecule has 0 aromatic carbocycles. The zero-order valence-corrected chi connectivity index (χ0v) is 15.4. The van der Waals surface area contributed by atoms with Crippen LogP contribution in [-0.4, -0.2) is 49.6 Å². The fourth-order valence-corrected chi connectivity index (χ4v) is 4.38. The molecule has 0 unspecified atom stereocenters. The Hall–Kier alpha value is -1.14. The summed E-state index contributed by atoms with van der Waals surface area (Å²) in [5.74, 6) is 0.597. The summed E-state index contributed by atoms with van der Waals surface area (Å²) < 4.78 is 21.7. The summed E-state index contributed by atoms with van der Waals surface area (Å²) in [6.07, 6.45) is 10.4. The molecule has 6 nitrogen and oxygen atoms in total. The zero-order chi connectivity index (χ0) is 17.9. The number of carbonyl (C=O) groups excluding carboxylic acids is 2. The molecule has 26 heavy (non-hydrogen) atoms. The number of rotatable bonds is 9. The van der Waals surface area contributed by atoms with Crippen LogP contribution in [0.25, 0.3) is 0 Å². The van der Waals surface area contributed by atoms with Crippen molar-refractivity contribution in [3.63, 3.8) is 0 Å². The number of ether oxygens (including phenoxy) is 4. The van der Waals surface area contributed by atoms with Gasteiger partial charge in [0.25, 0.3) is 0 Å². The maximum atomic E-state index is 11.8. The molecular formula is C20H30O6. The number of hydrogen-bond acceptors (Lipinski definition) is 6. The van der Waals surface area contributed by atoms with E-state index in [4.69, 9.17) is 18.9 Å². The molecule has 0 spiro atoms. The number of carbonyl (C=O) groups is 2. The van der Waals surface area contributed by atoms with E-state index in [0.717, 1.165) is 38.5 Å². The fourth-order valence-electron chi connectivity index (χ4n) is 4.38. The molecule has 4 rings (SSSR count). The highest BCUT2D eigenvalue weighted by Crippen LogP contribution is 2.40. The Morgan fingerprint density at radius 1 is 0.692 bits per heavy atom. The topological polar surface area (TPSA) is 77.7 Å². The first-order valence-electron chi connectivity index (χ1n) is 10.3. The van der Waals surface area contributed by atoms with Crippen LogP contribution >= 0.6 is 0 Å².